The van der Waals surface area contributed by atoms with Crippen LogP contribution in [0.1, 0.15) is 302 Å². The van der Waals surface area contributed by atoms with Crippen molar-refractivity contribution in [2.75, 3.05) is 14.2 Å². The second kappa shape index (κ2) is 58.0. The first-order valence-corrected chi connectivity index (χ1v) is 36.1. The van der Waals surface area contributed by atoms with Crippen molar-refractivity contribution in [3.05, 3.63) is 108 Å². The SMILES string of the molecule is CCCCC/C=C\C/C=C/CCCCCCCC(=O)OC(OC(=O)CCCCCCCCC/C=C\CC(CCCCCC)OC(=O)/C=C/c1ccc(O)c(OC)c1)OC(=O)CCCCCCCCC/C=C\CC(CCCCCC)OC(=O)/C=C/c1ccc(O)c(OC)c1. The number of ether oxygens (including phenoxy) is 7. The molecule has 0 saturated heterocycles. The van der Waals surface area contributed by atoms with Gasteiger partial charge in [-0.05, 0) is 150 Å². The first-order valence-electron chi connectivity index (χ1n) is 36.1. The molecule has 0 fully saturated rings. The largest absolute Gasteiger partial charge is 0.504 e. The molecule has 0 aromatic heterocycles. The summed E-state index contributed by atoms with van der Waals surface area (Å²) in [5.74, 6) is -1.71. The van der Waals surface area contributed by atoms with E-state index < -0.39 is 36.3 Å². The summed E-state index contributed by atoms with van der Waals surface area (Å²) in [5, 5.41) is 19.8. The van der Waals surface area contributed by atoms with Gasteiger partial charge in [0.1, 0.15) is 12.2 Å². The van der Waals surface area contributed by atoms with Crippen molar-refractivity contribution in [2.45, 2.75) is 309 Å². The van der Waals surface area contributed by atoms with Gasteiger partial charge in [0, 0.05) is 44.3 Å². The Morgan fingerprint density at radius 2 is 0.688 bits per heavy atom. The van der Waals surface area contributed by atoms with Crippen LogP contribution in [-0.4, -0.2) is 73.0 Å². The minimum absolute atomic E-state index is 0.0387. The van der Waals surface area contributed by atoms with Crippen LogP contribution in [-0.2, 0) is 47.7 Å². The first kappa shape index (κ1) is 82.5. The van der Waals surface area contributed by atoms with Crippen LogP contribution in [0.25, 0.3) is 12.2 Å². The summed E-state index contributed by atoms with van der Waals surface area (Å²) in [6, 6.07) is 9.81. The molecule has 2 atom stereocenters. The molecule has 2 aromatic carbocycles. The average Bonchev–Trinajstić information content (AvgIpc) is 2.48. The number of carbonyl (C=O) groups excluding carboxylic acids is 5. The van der Waals surface area contributed by atoms with Crippen molar-refractivity contribution in [3.63, 3.8) is 0 Å². The van der Waals surface area contributed by atoms with E-state index in [2.05, 4.69) is 69.4 Å². The fourth-order valence-electron chi connectivity index (χ4n) is 10.6. The molecule has 2 rings (SSSR count). The predicted octanol–water partition coefficient (Wildman–Crippen LogP) is 21.2. The Labute approximate surface area is 561 Å². The number of phenolic OH excluding ortho intramolecular Hbond substituents is 2. The van der Waals surface area contributed by atoms with E-state index >= 15 is 0 Å². The van der Waals surface area contributed by atoms with Crippen LogP contribution in [0.3, 0.4) is 0 Å². The maximum absolute atomic E-state index is 13.0. The molecule has 0 amide bonds. The third kappa shape index (κ3) is 47.0. The number of hydrogen-bond donors (Lipinski definition) is 2. The molecule has 2 aromatic rings. The number of carbonyl (C=O) groups is 5. The van der Waals surface area contributed by atoms with Crippen molar-refractivity contribution in [2.24, 2.45) is 0 Å². The molecular weight excluding hydrogens is 1170 g/mol. The van der Waals surface area contributed by atoms with Gasteiger partial charge < -0.3 is 43.4 Å². The molecule has 2 unspecified atom stereocenters. The number of unbranched alkanes of at least 4 members (excludes halogenated alkanes) is 28. The second-order valence-electron chi connectivity index (χ2n) is 24.5. The van der Waals surface area contributed by atoms with Gasteiger partial charge in [-0.25, -0.2) is 9.59 Å². The quantitative estimate of drug-likeness (QED) is 0.0159. The fourth-order valence-corrected chi connectivity index (χ4v) is 10.6. The summed E-state index contributed by atoms with van der Waals surface area (Å²) < 4.78 is 38.5. The second-order valence-corrected chi connectivity index (χ2v) is 24.5. The van der Waals surface area contributed by atoms with Crippen LogP contribution < -0.4 is 9.47 Å². The molecule has 14 heteroatoms. The van der Waals surface area contributed by atoms with Crippen LogP contribution in [0.5, 0.6) is 23.0 Å². The smallest absolute Gasteiger partial charge is 0.412 e. The monoisotopic (exact) mass is 1290 g/mol. The molecule has 0 radical (unpaired) electrons. The first-order chi connectivity index (χ1) is 45.4. The highest BCUT2D eigenvalue weighted by atomic mass is 16.9. The number of allylic oxidation sites excluding steroid dienone is 6. The lowest BCUT2D eigenvalue weighted by atomic mass is 10.1. The van der Waals surface area contributed by atoms with Crippen molar-refractivity contribution < 1.29 is 67.3 Å². The molecular formula is C79H122O14. The average molecular weight is 1300 g/mol. The third-order valence-electron chi connectivity index (χ3n) is 16.2. The standard InChI is InChI=1S/C79H122O14/c1-6-9-12-15-16-17-18-19-20-21-22-29-34-39-46-53-74(82)91-79(92-75(83)54-47-40-35-30-25-23-27-32-37-44-51-68(49-42-13-10-7-2)89-77(85)62-58-66-56-60-70(80)72(64-66)87-4)93-76(84)55-48-41-36-31-26-24-28-33-38-45-52-69(50-43-14-11-8-3)90-78(86)63-59-67-57-61-71(81)73(65-67)88-5/h16-17,19-20,37-38,44-45,56-65,68-69,79-81H,6-15,18,21-36,39-43,46-55H2,1-5H3/b17-16-,20-19+,44-37-,45-38-,62-58+,63-59+. The molecule has 0 bridgehead atoms. The van der Waals surface area contributed by atoms with E-state index in [1.807, 2.05) is 0 Å². The van der Waals surface area contributed by atoms with Crippen molar-refractivity contribution in [1.29, 1.82) is 0 Å². The van der Waals surface area contributed by atoms with Crippen molar-refractivity contribution in [3.8, 4) is 23.0 Å². The lowest BCUT2D eigenvalue weighted by Gasteiger charge is -2.18. The van der Waals surface area contributed by atoms with Crippen LogP contribution >= 0.6 is 0 Å². The summed E-state index contributed by atoms with van der Waals surface area (Å²) in [6.07, 6.45) is 62.6. The van der Waals surface area contributed by atoms with Gasteiger partial charge in [-0.3, -0.25) is 14.4 Å². The number of rotatable bonds is 59. The highest BCUT2D eigenvalue weighted by molar-refractivity contribution is 5.88. The predicted molar refractivity (Wildman–Crippen MR) is 377 cm³/mol. The van der Waals surface area contributed by atoms with E-state index in [0.29, 0.717) is 43.6 Å². The van der Waals surface area contributed by atoms with E-state index in [1.54, 1.807) is 36.4 Å². The van der Waals surface area contributed by atoms with Gasteiger partial charge in [0.05, 0.1) is 14.2 Å². The van der Waals surface area contributed by atoms with Gasteiger partial charge in [0.2, 0.25) is 0 Å². The number of methoxy groups -OCH3 is 2. The molecule has 522 valence electrons. The molecule has 0 heterocycles. The Morgan fingerprint density at radius 3 is 1.04 bits per heavy atom. The van der Waals surface area contributed by atoms with E-state index in [9.17, 15) is 34.2 Å². The summed E-state index contributed by atoms with van der Waals surface area (Å²) in [4.78, 5) is 64.6. The maximum atomic E-state index is 13.0. The molecule has 2 N–H and O–H groups in total. The minimum atomic E-state index is -1.70. The Kier molecular flexibility index (Phi) is 51.5. The van der Waals surface area contributed by atoms with Gasteiger partial charge in [-0.15, -0.1) is 0 Å². The van der Waals surface area contributed by atoms with Crippen LogP contribution in [0, 0.1) is 0 Å². The van der Waals surface area contributed by atoms with Crippen LogP contribution in [0.15, 0.2) is 97.2 Å². The number of esters is 5. The summed E-state index contributed by atoms with van der Waals surface area (Å²) in [7, 11) is 2.97. The van der Waals surface area contributed by atoms with Crippen molar-refractivity contribution in [1.82, 2.24) is 0 Å². The van der Waals surface area contributed by atoms with Gasteiger partial charge in [0.25, 0.3) is 0 Å². The van der Waals surface area contributed by atoms with E-state index in [-0.39, 0.29) is 43.0 Å². The topological polar surface area (TPSA) is 190 Å². The van der Waals surface area contributed by atoms with E-state index in [0.717, 1.165) is 210 Å². The number of hydrogen-bond acceptors (Lipinski definition) is 14. The van der Waals surface area contributed by atoms with E-state index in [1.165, 1.54) is 57.8 Å². The molecule has 0 aliphatic carbocycles. The molecule has 0 aliphatic rings. The Bertz CT molecular complexity index is 2310. The summed E-state index contributed by atoms with van der Waals surface area (Å²) in [5.41, 5.74) is 1.45. The lowest BCUT2D eigenvalue weighted by molar-refractivity contribution is -0.258. The molecule has 0 spiro atoms. The normalized spacial score (nSPS) is 12.8. The van der Waals surface area contributed by atoms with Crippen molar-refractivity contribution >= 4 is 42.0 Å². The molecule has 0 saturated carbocycles. The van der Waals surface area contributed by atoms with Gasteiger partial charge in [-0.1, -0.05) is 216 Å². The zero-order valence-electron chi connectivity index (χ0n) is 58.1. The fraction of sp³-hybridized carbons (Fsp3) is 0.633. The highest BCUT2D eigenvalue weighted by Crippen LogP contribution is 2.28. The van der Waals surface area contributed by atoms with Gasteiger partial charge in [0.15, 0.2) is 23.0 Å². The van der Waals surface area contributed by atoms with E-state index in [4.69, 9.17) is 33.2 Å². The third-order valence-corrected chi connectivity index (χ3v) is 16.2. The molecule has 93 heavy (non-hydrogen) atoms. The molecule has 14 nitrogen and oxygen atoms in total. The minimum Gasteiger partial charge on any atom is -0.504 e. The van der Waals surface area contributed by atoms with Crippen LogP contribution in [0.4, 0.5) is 0 Å². The Morgan fingerprint density at radius 1 is 0.376 bits per heavy atom. The highest BCUT2D eigenvalue weighted by Gasteiger charge is 2.24. The zero-order valence-corrected chi connectivity index (χ0v) is 58.1. The maximum Gasteiger partial charge on any atom is 0.412 e. The van der Waals surface area contributed by atoms with Gasteiger partial charge >= 0.3 is 36.3 Å². The Hall–Kier alpha value is -6.57. The number of benzene rings is 2. The lowest BCUT2D eigenvalue weighted by Crippen LogP contribution is -2.29. The number of aromatic hydroxyl groups is 2. The molecule has 0 aliphatic heterocycles. The van der Waals surface area contributed by atoms with Gasteiger partial charge in [-0.2, -0.15) is 0 Å². The zero-order chi connectivity index (χ0) is 67.5. The summed E-state index contributed by atoms with van der Waals surface area (Å²) in [6.45, 7) is 4.88. The summed E-state index contributed by atoms with van der Waals surface area (Å²) >= 11 is 0. The Balaban J connectivity index is 1.75. The number of phenols is 2. The van der Waals surface area contributed by atoms with Crippen LogP contribution in [0.2, 0.25) is 0 Å².